The number of carbonyl (C=O) groups is 2. The Morgan fingerprint density at radius 1 is 1.15 bits per heavy atom. The van der Waals surface area contributed by atoms with E-state index in [1.54, 1.807) is 0 Å². The van der Waals surface area contributed by atoms with Crippen LogP contribution in [-0.2, 0) is 24.8 Å². The van der Waals surface area contributed by atoms with Crippen molar-refractivity contribution in [2.45, 2.75) is 12.8 Å². The SMILES string of the molecule is O=C(O)CCC(=O)O[SH](=O)=O.[NaH].[NaH]. The minimum atomic E-state index is -3.21. The van der Waals surface area contributed by atoms with Gasteiger partial charge in [0.1, 0.15) is 0 Å². The van der Waals surface area contributed by atoms with Gasteiger partial charge in [-0.3, -0.25) is 9.59 Å². The quantitative estimate of drug-likeness (QED) is 0.413. The Morgan fingerprint density at radius 2 is 1.62 bits per heavy atom. The third kappa shape index (κ3) is 15.6. The van der Waals surface area contributed by atoms with E-state index in [0.717, 1.165) is 0 Å². The van der Waals surface area contributed by atoms with E-state index >= 15 is 0 Å². The van der Waals surface area contributed by atoms with Crippen molar-refractivity contribution in [1.82, 2.24) is 0 Å². The van der Waals surface area contributed by atoms with Crippen molar-refractivity contribution < 1.29 is 27.3 Å². The molecule has 0 saturated heterocycles. The van der Waals surface area contributed by atoms with Gasteiger partial charge in [0.05, 0.1) is 12.8 Å². The molecule has 9 heteroatoms. The van der Waals surface area contributed by atoms with Gasteiger partial charge in [-0.05, 0) is 0 Å². The molecule has 0 spiro atoms. The summed E-state index contributed by atoms with van der Waals surface area (Å²) in [4.78, 5) is 20.1. The molecule has 13 heavy (non-hydrogen) atoms. The second kappa shape index (κ2) is 11.0. The van der Waals surface area contributed by atoms with Crippen molar-refractivity contribution in [1.29, 1.82) is 0 Å². The van der Waals surface area contributed by atoms with Gasteiger partial charge in [0, 0.05) is 0 Å². The maximum atomic E-state index is 10.3. The van der Waals surface area contributed by atoms with Crippen LogP contribution in [0.3, 0.4) is 0 Å². The molecule has 0 bridgehead atoms. The first kappa shape index (κ1) is 19.5. The van der Waals surface area contributed by atoms with Crippen LogP contribution in [0.5, 0.6) is 0 Å². The van der Waals surface area contributed by atoms with E-state index in [9.17, 15) is 18.0 Å². The summed E-state index contributed by atoms with van der Waals surface area (Å²) >= 11 is 0. The molecule has 0 rings (SSSR count). The van der Waals surface area contributed by atoms with Crippen molar-refractivity contribution in [3.63, 3.8) is 0 Å². The summed E-state index contributed by atoms with van der Waals surface area (Å²) in [6.07, 6.45) is -0.860. The average molecular weight is 230 g/mol. The molecule has 0 aliphatic rings. The van der Waals surface area contributed by atoms with E-state index in [1.807, 2.05) is 0 Å². The van der Waals surface area contributed by atoms with Crippen LogP contribution in [0.1, 0.15) is 12.8 Å². The first-order chi connectivity index (χ1) is 5.02. The zero-order valence-electron chi connectivity index (χ0n) is 5.35. The first-order valence-electron chi connectivity index (χ1n) is 2.59. The van der Waals surface area contributed by atoms with Crippen molar-refractivity contribution >= 4 is 82.0 Å². The van der Waals surface area contributed by atoms with Crippen molar-refractivity contribution in [3.05, 3.63) is 0 Å². The van der Waals surface area contributed by atoms with Crippen LogP contribution in [0.15, 0.2) is 0 Å². The van der Waals surface area contributed by atoms with Crippen LogP contribution >= 0.6 is 0 Å². The summed E-state index contributed by atoms with van der Waals surface area (Å²) in [6, 6.07) is 0. The maximum absolute atomic E-state index is 10.3. The van der Waals surface area contributed by atoms with Crippen LogP contribution in [0.2, 0.25) is 0 Å². The van der Waals surface area contributed by atoms with Gasteiger partial charge in [0.25, 0.3) is 0 Å². The fourth-order valence-electron chi connectivity index (χ4n) is 0.338. The number of aliphatic carboxylic acids is 1. The molecule has 0 aliphatic heterocycles. The van der Waals surface area contributed by atoms with Crippen LogP contribution in [0.4, 0.5) is 0 Å². The van der Waals surface area contributed by atoms with E-state index in [1.165, 1.54) is 0 Å². The molecule has 1 N–H and O–H groups in total. The fourth-order valence-corrected chi connectivity index (χ4v) is 0.595. The normalized spacial score (nSPS) is 8.08. The molecule has 0 saturated carbocycles. The van der Waals surface area contributed by atoms with Gasteiger partial charge in [0.2, 0.25) is 0 Å². The van der Waals surface area contributed by atoms with Gasteiger partial charge < -0.3 is 9.29 Å². The van der Waals surface area contributed by atoms with Crippen molar-refractivity contribution in [2.24, 2.45) is 0 Å². The Bertz CT molecular complexity index is 229. The van der Waals surface area contributed by atoms with Gasteiger partial charge in [-0.15, -0.1) is 0 Å². The van der Waals surface area contributed by atoms with Gasteiger partial charge in [-0.2, -0.15) is 8.42 Å². The third-order valence-corrected chi connectivity index (χ3v) is 1.07. The van der Waals surface area contributed by atoms with Crippen LogP contribution in [0, 0.1) is 0 Å². The monoisotopic (exact) mass is 230 g/mol. The summed E-state index contributed by atoms with van der Waals surface area (Å²) < 4.78 is 23.1. The zero-order chi connectivity index (χ0) is 8.85. The molecule has 0 aromatic carbocycles. The molecular formula is C4H8Na2O6S. The molecule has 0 heterocycles. The minimum absolute atomic E-state index is 0. The second-order valence-corrected chi connectivity index (χ2v) is 2.21. The molecule has 0 aromatic heterocycles. The van der Waals surface area contributed by atoms with Gasteiger partial charge in [0.15, 0.2) is 0 Å². The third-order valence-electron chi connectivity index (χ3n) is 0.719. The number of rotatable bonds is 4. The van der Waals surface area contributed by atoms with Gasteiger partial charge in [-0.25, -0.2) is 0 Å². The summed E-state index contributed by atoms with van der Waals surface area (Å²) in [6.45, 7) is 0. The predicted octanol–water partition coefficient (Wildman–Crippen LogP) is -2.38. The number of carbonyl (C=O) groups excluding carboxylic acids is 1. The Labute approximate surface area is 121 Å². The van der Waals surface area contributed by atoms with Gasteiger partial charge in [-0.1, -0.05) is 0 Å². The van der Waals surface area contributed by atoms with E-state index < -0.39 is 35.8 Å². The molecule has 0 aliphatic carbocycles. The predicted molar refractivity (Wildman–Crippen MR) is 47.6 cm³/mol. The Hall–Kier alpha value is 0.890. The summed E-state index contributed by atoms with van der Waals surface area (Å²) in [7, 11) is -3.21. The van der Waals surface area contributed by atoms with E-state index in [2.05, 4.69) is 4.18 Å². The second-order valence-electron chi connectivity index (χ2n) is 1.58. The van der Waals surface area contributed by atoms with E-state index in [4.69, 9.17) is 5.11 Å². The topological polar surface area (TPSA) is 97.7 Å². The van der Waals surface area contributed by atoms with Crippen molar-refractivity contribution in [2.75, 3.05) is 0 Å². The number of carboxylic acids is 1. The zero-order valence-corrected chi connectivity index (χ0v) is 6.24. The standard InChI is InChI=1S/C4H6O6S.2Na.2H/c5-3(6)1-2-4(7)10-11(8)9;;;;/h11H,1-2H2,(H,5,6);;;;. The number of thiol groups is 1. The molecule has 0 unspecified atom stereocenters. The molecular weight excluding hydrogens is 222 g/mol. The molecule has 0 radical (unpaired) electrons. The Kier molecular flexibility index (Phi) is 16.4. The van der Waals surface area contributed by atoms with E-state index in [-0.39, 0.29) is 59.1 Å². The van der Waals surface area contributed by atoms with E-state index in [0.29, 0.717) is 0 Å². The fraction of sp³-hybridized carbons (Fsp3) is 0.500. The number of carboxylic acid groups (broad SMARTS) is 1. The molecule has 0 fully saturated rings. The number of hydrogen-bond acceptors (Lipinski definition) is 5. The Balaban J connectivity index is -0.000000500. The molecule has 0 atom stereocenters. The van der Waals surface area contributed by atoms with Crippen LogP contribution in [0.25, 0.3) is 0 Å². The van der Waals surface area contributed by atoms with Crippen LogP contribution in [-0.4, -0.2) is 84.6 Å². The van der Waals surface area contributed by atoms with Crippen molar-refractivity contribution in [3.8, 4) is 0 Å². The Morgan fingerprint density at radius 3 is 1.92 bits per heavy atom. The van der Waals surface area contributed by atoms with Crippen LogP contribution < -0.4 is 0 Å². The molecule has 68 valence electrons. The summed E-state index contributed by atoms with van der Waals surface area (Å²) in [5, 5.41) is 8.04. The first-order valence-corrected chi connectivity index (χ1v) is 3.69. The molecule has 0 amide bonds. The average Bonchev–Trinajstić information content (AvgIpc) is 1.82. The summed E-state index contributed by atoms with van der Waals surface area (Å²) in [5.41, 5.74) is 0. The summed E-state index contributed by atoms with van der Waals surface area (Å²) in [5.74, 6) is -2.23. The molecule has 6 nitrogen and oxygen atoms in total. The van der Waals surface area contributed by atoms with Gasteiger partial charge >= 0.3 is 82.0 Å². The molecule has 0 aromatic rings. The number of hydrogen-bond donors (Lipinski definition) is 2.